The molecular weight excluding hydrogens is 432 g/mol. The van der Waals surface area contributed by atoms with E-state index >= 15 is 0 Å². The van der Waals surface area contributed by atoms with Crippen LogP contribution in [0.25, 0.3) is 0 Å². The first-order chi connectivity index (χ1) is 11.6. The first kappa shape index (κ1) is 19.1. The van der Waals surface area contributed by atoms with E-state index in [-0.39, 0.29) is 9.39 Å². The fourth-order valence-electron chi connectivity index (χ4n) is 2.91. The lowest BCUT2D eigenvalue weighted by Crippen LogP contribution is -2.38. The van der Waals surface area contributed by atoms with Crippen LogP contribution in [0.5, 0.6) is 0 Å². The minimum absolute atomic E-state index is 0.286. The Bertz CT molecular complexity index is 655. The van der Waals surface area contributed by atoms with Crippen molar-refractivity contribution in [3.63, 3.8) is 0 Å². The number of aryl methyl sites for hydroxylation is 1. The van der Waals surface area contributed by atoms with Gasteiger partial charge in [0.15, 0.2) is 0 Å². The Morgan fingerprint density at radius 1 is 0.750 bits per heavy atom. The molecule has 0 bridgehead atoms. The van der Waals surface area contributed by atoms with Crippen LogP contribution in [0.3, 0.4) is 0 Å². The summed E-state index contributed by atoms with van der Waals surface area (Å²) in [6.45, 7) is 0. The zero-order chi connectivity index (χ0) is 17.4. The van der Waals surface area contributed by atoms with Crippen LogP contribution in [0, 0.1) is 0 Å². The van der Waals surface area contributed by atoms with Gasteiger partial charge in [-0.15, -0.1) is 0 Å². The van der Waals surface area contributed by atoms with E-state index in [1.807, 2.05) is 48.5 Å². The molecule has 0 saturated carbocycles. The molecule has 0 saturated heterocycles. The molecular formula is C20H20Br2O2. The summed E-state index contributed by atoms with van der Waals surface area (Å²) >= 11 is 6.10. The maximum Gasteiger partial charge on any atom is 0.216 e. The van der Waals surface area contributed by atoms with E-state index in [0.29, 0.717) is 6.42 Å². The smallest absolute Gasteiger partial charge is 0.216 e. The lowest BCUT2D eigenvalue weighted by Gasteiger charge is -2.27. The maximum atomic E-state index is 12.3. The van der Waals surface area contributed by atoms with Gasteiger partial charge < -0.3 is 0 Å². The van der Waals surface area contributed by atoms with Crippen LogP contribution < -0.4 is 0 Å². The molecule has 0 heterocycles. The molecule has 0 atom stereocenters. The maximum absolute atomic E-state index is 12.3. The summed E-state index contributed by atoms with van der Waals surface area (Å²) in [6.07, 6.45) is 4.35. The molecule has 0 aliphatic heterocycles. The molecule has 2 nitrogen and oxygen atoms in total. The van der Waals surface area contributed by atoms with E-state index < -0.39 is 5.41 Å². The van der Waals surface area contributed by atoms with Crippen molar-refractivity contribution in [1.82, 2.24) is 0 Å². The fraction of sp³-hybridized carbons (Fsp3) is 0.300. The standard InChI is InChI=1S/C20H20Br2O2/c21-18(23)20(19(22)24,17-13-7-2-8-14-17)15-9-3-6-12-16-10-4-1-5-11-16/h1-2,4-5,7-8,10-11,13-14H,3,6,9,12,15H2. The van der Waals surface area contributed by atoms with Gasteiger partial charge in [-0.1, -0.05) is 73.5 Å². The molecule has 0 aliphatic rings. The third-order valence-corrected chi connectivity index (χ3v) is 5.65. The number of hydrogen-bond donors (Lipinski definition) is 0. The first-order valence-electron chi connectivity index (χ1n) is 8.06. The molecule has 0 amide bonds. The summed E-state index contributed by atoms with van der Waals surface area (Å²) in [5.41, 5.74) is 0.908. The molecule has 0 spiro atoms. The molecule has 2 aromatic rings. The number of carbonyl (C=O) groups is 2. The molecule has 0 aliphatic carbocycles. The highest BCUT2D eigenvalue weighted by atomic mass is 79.9. The molecule has 126 valence electrons. The second kappa shape index (κ2) is 9.28. The molecule has 4 heteroatoms. The van der Waals surface area contributed by atoms with Crippen molar-refractivity contribution in [3.05, 3.63) is 71.8 Å². The Morgan fingerprint density at radius 2 is 1.29 bits per heavy atom. The van der Waals surface area contributed by atoms with Crippen molar-refractivity contribution in [3.8, 4) is 0 Å². The van der Waals surface area contributed by atoms with Gasteiger partial charge in [-0.2, -0.15) is 0 Å². The molecule has 0 unspecified atom stereocenters. The van der Waals surface area contributed by atoms with Crippen molar-refractivity contribution in [2.24, 2.45) is 0 Å². The summed E-state index contributed by atoms with van der Waals surface area (Å²) in [6, 6.07) is 19.6. The lowest BCUT2D eigenvalue weighted by atomic mass is 9.78. The van der Waals surface area contributed by atoms with E-state index in [4.69, 9.17) is 0 Å². The van der Waals surface area contributed by atoms with E-state index in [2.05, 4.69) is 44.0 Å². The minimum Gasteiger partial charge on any atom is -0.285 e. The van der Waals surface area contributed by atoms with Crippen molar-refractivity contribution in [1.29, 1.82) is 0 Å². The van der Waals surface area contributed by atoms with Gasteiger partial charge in [-0.3, -0.25) is 9.59 Å². The molecule has 0 fully saturated rings. The monoisotopic (exact) mass is 450 g/mol. The van der Waals surface area contributed by atoms with Gasteiger partial charge in [0.25, 0.3) is 0 Å². The van der Waals surface area contributed by atoms with Crippen molar-refractivity contribution in [2.45, 2.75) is 37.5 Å². The summed E-state index contributed by atoms with van der Waals surface area (Å²) in [5, 5.41) is 0. The number of hydrogen-bond acceptors (Lipinski definition) is 2. The lowest BCUT2D eigenvalue weighted by molar-refractivity contribution is -0.125. The Balaban J connectivity index is 1.99. The van der Waals surface area contributed by atoms with Gasteiger partial charge in [0.05, 0.1) is 0 Å². The zero-order valence-corrected chi connectivity index (χ0v) is 16.6. The second-order valence-electron chi connectivity index (χ2n) is 5.87. The minimum atomic E-state index is -1.14. The van der Waals surface area contributed by atoms with Crippen molar-refractivity contribution in [2.75, 3.05) is 0 Å². The Labute approximate surface area is 159 Å². The summed E-state index contributed by atoms with van der Waals surface area (Å²) in [4.78, 5) is 24.5. The summed E-state index contributed by atoms with van der Waals surface area (Å²) < 4.78 is -0.572. The highest BCUT2D eigenvalue weighted by Gasteiger charge is 2.44. The predicted octanol–water partition coefficient (Wildman–Crippen LogP) is 5.57. The van der Waals surface area contributed by atoms with Crippen molar-refractivity contribution >= 4 is 41.2 Å². The second-order valence-corrected chi connectivity index (χ2v) is 7.31. The molecule has 2 rings (SSSR count). The Morgan fingerprint density at radius 3 is 1.83 bits per heavy atom. The summed E-state index contributed by atoms with van der Waals surface area (Å²) in [5.74, 6) is 0. The predicted molar refractivity (Wildman–Crippen MR) is 105 cm³/mol. The van der Waals surface area contributed by atoms with Crippen LogP contribution in [-0.2, 0) is 21.4 Å². The van der Waals surface area contributed by atoms with Gasteiger partial charge in [0, 0.05) is 0 Å². The van der Waals surface area contributed by atoms with Crippen LogP contribution in [0.4, 0.5) is 0 Å². The first-order valence-corrected chi connectivity index (χ1v) is 9.65. The van der Waals surface area contributed by atoms with E-state index in [1.165, 1.54) is 5.56 Å². The highest BCUT2D eigenvalue weighted by Crippen LogP contribution is 2.36. The van der Waals surface area contributed by atoms with Crippen LogP contribution in [0.15, 0.2) is 60.7 Å². The van der Waals surface area contributed by atoms with Crippen LogP contribution in [-0.4, -0.2) is 9.39 Å². The van der Waals surface area contributed by atoms with Crippen LogP contribution in [0.2, 0.25) is 0 Å². The highest BCUT2D eigenvalue weighted by molar-refractivity contribution is 9.19. The molecule has 0 aromatic heterocycles. The quantitative estimate of drug-likeness (QED) is 0.283. The number of rotatable bonds is 9. The number of halogens is 2. The van der Waals surface area contributed by atoms with Crippen LogP contribution in [0.1, 0.15) is 36.8 Å². The third-order valence-electron chi connectivity index (χ3n) is 4.30. The third kappa shape index (κ3) is 4.64. The number of unbranched alkanes of at least 4 members (excludes halogenated alkanes) is 2. The largest absolute Gasteiger partial charge is 0.285 e. The zero-order valence-electron chi connectivity index (χ0n) is 13.4. The molecule has 24 heavy (non-hydrogen) atoms. The van der Waals surface area contributed by atoms with Gasteiger partial charge in [-0.25, -0.2) is 0 Å². The SMILES string of the molecule is O=C(Br)C(CCCCCc1ccccc1)(C(=O)Br)c1ccccc1. The van der Waals surface area contributed by atoms with Gasteiger partial charge in [-0.05, 0) is 62.2 Å². The Hall–Kier alpha value is -1.26. The van der Waals surface area contributed by atoms with E-state index in [0.717, 1.165) is 31.2 Å². The summed E-state index contributed by atoms with van der Waals surface area (Å²) in [7, 11) is 0. The fourth-order valence-corrected chi connectivity index (χ4v) is 4.39. The Kier molecular flexibility index (Phi) is 7.38. The molecule has 2 aromatic carbocycles. The van der Waals surface area contributed by atoms with E-state index in [1.54, 1.807) is 0 Å². The average molecular weight is 452 g/mol. The van der Waals surface area contributed by atoms with E-state index in [9.17, 15) is 9.59 Å². The average Bonchev–Trinajstić information content (AvgIpc) is 2.59. The number of carbonyl (C=O) groups excluding carboxylic acids is 2. The molecule has 0 N–H and O–H groups in total. The van der Waals surface area contributed by atoms with Crippen molar-refractivity contribution < 1.29 is 9.59 Å². The number of benzene rings is 2. The van der Waals surface area contributed by atoms with Crippen LogP contribution >= 0.6 is 31.9 Å². The molecule has 0 radical (unpaired) electrons. The van der Waals surface area contributed by atoms with Gasteiger partial charge in [0.1, 0.15) is 5.41 Å². The topological polar surface area (TPSA) is 34.1 Å². The van der Waals surface area contributed by atoms with Gasteiger partial charge in [0.2, 0.25) is 9.39 Å². The normalized spacial score (nSPS) is 11.2. The van der Waals surface area contributed by atoms with Gasteiger partial charge >= 0.3 is 0 Å².